The number of carbonyl (C=O) groups is 2. The maximum Gasteiger partial charge on any atom is 0.341 e. The maximum absolute atomic E-state index is 12.2. The predicted octanol–water partition coefficient (Wildman–Crippen LogP) is 0.450. The van der Waals surface area contributed by atoms with E-state index in [4.69, 9.17) is 4.74 Å². The van der Waals surface area contributed by atoms with Crippen molar-refractivity contribution in [3.63, 3.8) is 0 Å². The first-order valence-corrected chi connectivity index (χ1v) is 7.12. The van der Waals surface area contributed by atoms with Gasteiger partial charge in [-0.05, 0) is 12.1 Å². The number of esters is 1. The van der Waals surface area contributed by atoms with Crippen LogP contribution in [-0.2, 0) is 4.74 Å². The van der Waals surface area contributed by atoms with Crippen molar-refractivity contribution < 1.29 is 14.3 Å². The Morgan fingerprint density at radius 1 is 1.39 bits per heavy atom. The summed E-state index contributed by atoms with van der Waals surface area (Å²) in [7, 11) is 1.25. The van der Waals surface area contributed by atoms with Crippen molar-refractivity contribution in [3.05, 3.63) is 32.4 Å². The van der Waals surface area contributed by atoms with Crippen molar-refractivity contribution in [2.45, 2.75) is 6.92 Å². The summed E-state index contributed by atoms with van der Waals surface area (Å²) in [5, 5.41) is 15.0. The quantitative estimate of drug-likeness (QED) is 0.590. The number of pyridine rings is 1. The largest absolute Gasteiger partial charge is 0.465 e. The first-order valence-electron chi connectivity index (χ1n) is 6.30. The summed E-state index contributed by atoms with van der Waals surface area (Å²) in [6.45, 7) is 1.70. The lowest BCUT2D eigenvalue weighted by atomic mass is 10.2. The average molecular weight is 334 g/mol. The summed E-state index contributed by atoms with van der Waals surface area (Å²) >= 11 is 1.16. The van der Waals surface area contributed by atoms with Gasteiger partial charge in [0.15, 0.2) is 5.43 Å². The number of hydrogen-bond acceptors (Lipinski definition) is 8. The number of thiophene rings is 1. The number of hydrogen-bond donors (Lipinski definition) is 3. The third-order valence-electron chi connectivity index (χ3n) is 3.05. The van der Waals surface area contributed by atoms with E-state index in [1.54, 1.807) is 6.92 Å². The van der Waals surface area contributed by atoms with Gasteiger partial charge in [-0.3, -0.25) is 14.9 Å². The van der Waals surface area contributed by atoms with Gasteiger partial charge in [0.2, 0.25) is 0 Å². The molecule has 0 atom stereocenters. The topological polar surface area (TPSA) is 143 Å². The van der Waals surface area contributed by atoms with Crippen LogP contribution in [0.1, 0.15) is 25.7 Å². The van der Waals surface area contributed by atoms with Crippen LogP contribution in [0.5, 0.6) is 0 Å². The molecule has 10 nitrogen and oxygen atoms in total. The van der Waals surface area contributed by atoms with Crippen molar-refractivity contribution in [1.29, 1.82) is 0 Å². The second-order valence-electron chi connectivity index (χ2n) is 4.47. The van der Waals surface area contributed by atoms with Gasteiger partial charge in [-0.1, -0.05) is 5.10 Å². The number of carbonyl (C=O) groups excluding carboxylic acids is 2. The highest BCUT2D eigenvalue weighted by molar-refractivity contribution is 7.19. The average Bonchev–Trinajstić information content (AvgIpc) is 3.13. The van der Waals surface area contributed by atoms with E-state index >= 15 is 0 Å². The molecule has 3 rings (SSSR count). The lowest BCUT2D eigenvalue weighted by Crippen LogP contribution is -2.18. The number of nitrogens with one attached hydrogen (secondary N) is 3. The number of tetrazole rings is 1. The third kappa shape index (κ3) is 2.57. The fourth-order valence-corrected chi connectivity index (χ4v) is 3.07. The normalized spacial score (nSPS) is 10.7. The monoisotopic (exact) mass is 334 g/mol. The molecule has 3 heterocycles. The zero-order valence-corrected chi connectivity index (χ0v) is 12.8. The first kappa shape index (κ1) is 14.8. The van der Waals surface area contributed by atoms with E-state index in [1.807, 2.05) is 0 Å². The van der Waals surface area contributed by atoms with E-state index in [1.165, 1.54) is 7.11 Å². The summed E-state index contributed by atoms with van der Waals surface area (Å²) in [6.07, 6.45) is 0. The van der Waals surface area contributed by atoms with Crippen molar-refractivity contribution >= 4 is 39.4 Å². The van der Waals surface area contributed by atoms with Gasteiger partial charge in [0.1, 0.15) is 5.69 Å². The Morgan fingerprint density at radius 3 is 2.83 bits per heavy atom. The van der Waals surface area contributed by atoms with Crippen LogP contribution in [0.3, 0.4) is 0 Å². The minimum absolute atomic E-state index is 0.0322. The highest BCUT2D eigenvalue weighted by Crippen LogP contribution is 2.27. The Labute approximate surface area is 131 Å². The number of nitrogens with zero attached hydrogens (tertiary/aromatic N) is 3. The number of H-pyrrole nitrogens is 2. The number of amides is 1. The molecule has 0 unspecified atom stereocenters. The molecule has 0 spiro atoms. The Hall–Kier alpha value is -3.08. The lowest BCUT2D eigenvalue weighted by molar-refractivity contribution is 0.0602. The van der Waals surface area contributed by atoms with Crippen molar-refractivity contribution in [3.8, 4) is 0 Å². The second kappa shape index (κ2) is 5.61. The number of fused-ring (bicyclic) bond motifs is 1. The number of ether oxygens (including phenoxy) is 1. The molecule has 0 bridgehead atoms. The Balaban J connectivity index is 2.11. The van der Waals surface area contributed by atoms with E-state index in [2.05, 4.69) is 30.9 Å². The summed E-state index contributed by atoms with van der Waals surface area (Å²) < 4.78 is 5.07. The number of rotatable bonds is 3. The molecule has 1 amide bonds. The number of anilines is 1. The molecule has 3 aromatic rings. The minimum atomic E-state index is -0.634. The van der Waals surface area contributed by atoms with Gasteiger partial charge >= 0.3 is 5.97 Å². The number of methoxy groups -OCH3 is 1. The van der Waals surface area contributed by atoms with Crippen LogP contribution in [0.2, 0.25) is 0 Å². The van der Waals surface area contributed by atoms with Gasteiger partial charge in [-0.2, -0.15) is 5.21 Å². The van der Waals surface area contributed by atoms with E-state index in [-0.39, 0.29) is 28.2 Å². The maximum atomic E-state index is 12.2. The van der Waals surface area contributed by atoms with E-state index < -0.39 is 11.9 Å². The first-order chi connectivity index (χ1) is 11.0. The molecule has 0 aromatic carbocycles. The number of aryl methyl sites for hydroxylation is 1. The molecule has 23 heavy (non-hydrogen) atoms. The molecular weight excluding hydrogens is 324 g/mol. The van der Waals surface area contributed by atoms with E-state index in [9.17, 15) is 14.4 Å². The lowest BCUT2D eigenvalue weighted by Gasteiger charge is -2.03. The molecular formula is C12H10N6O4S. The van der Waals surface area contributed by atoms with Crippen LogP contribution in [0, 0.1) is 6.92 Å². The van der Waals surface area contributed by atoms with Crippen molar-refractivity contribution in [2.75, 3.05) is 12.4 Å². The number of aromatic amines is 2. The zero-order chi connectivity index (χ0) is 16.6. The standard InChI is InChI=1S/C12H10N6O4S/c1-4-7(11(21)22-2)8-9(23-4)6(19)3-5(13-8)10(20)14-12-15-17-18-16-12/h3H,1-2H3,(H,13,19)(H2,14,15,16,17,18,20). The molecule has 3 aromatic heterocycles. The van der Waals surface area contributed by atoms with Gasteiger partial charge in [-0.25, -0.2) is 4.79 Å². The SMILES string of the molecule is COC(=O)c1c(C)sc2c(=O)cc(C(=O)Nc3nn[nH]n3)[nH]c12. The fourth-order valence-electron chi connectivity index (χ4n) is 2.06. The van der Waals surface area contributed by atoms with Crippen LogP contribution in [-0.4, -0.2) is 44.6 Å². The van der Waals surface area contributed by atoms with E-state index in [0.29, 0.717) is 9.58 Å². The minimum Gasteiger partial charge on any atom is -0.465 e. The second-order valence-corrected chi connectivity index (χ2v) is 5.69. The Bertz CT molecular complexity index is 958. The molecule has 0 aliphatic heterocycles. The van der Waals surface area contributed by atoms with Gasteiger partial charge in [0.05, 0.1) is 22.9 Å². The summed E-state index contributed by atoms with van der Waals surface area (Å²) in [5.74, 6) is -1.25. The highest BCUT2D eigenvalue weighted by atomic mass is 32.1. The summed E-state index contributed by atoms with van der Waals surface area (Å²) in [5.41, 5.74) is 0.0967. The smallest absolute Gasteiger partial charge is 0.341 e. The molecule has 0 aliphatic carbocycles. The van der Waals surface area contributed by atoms with Crippen LogP contribution in [0.4, 0.5) is 5.95 Å². The third-order valence-corrected chi connectivity index (χ3v) is 4.17. The highest BCUT2D eigenvalue weighted by Gasteiger charge is 2.21. The molecule has 0 saturated carbocycles. The fraction of sp³-hybridized carbons (Fsp3) is 0.167. The molecule has 0 fully saturated rings. The molecule has 3 N–H and O–H groups in total. The summed E-state index contributed by atoms with van der Waals surface area (Å²) in [6, 6.07) is 1.15. The van der Waals surface area contributed by atoms with Crippen LogP contribution in [0.25, 0.3) is 10.2 Å². The zero-order valence-electron chi connectivity index (χ0n) is 12.0. The molecule has 118 valence electrons. The van der Waals surface area contributed by atoms with Gasteiger partial charge < -0.3 is 9.72 Å². The van der Waals surface area contributed by atoms with Gasteiger partial charge in [0, 0.05) is 10.9 Å². The van der Waals surface area contributed by atoms with Crippen LogP contribution in [0.15, 0.2) is 10.9 Å². The van der Waals surface area contributed by atoms with Crippen molar-refractivity contribution in [2.24, 2.45) is 0 Å². The molecule has 0 saturated heterocycles. The molecule has 0 aliphatic rings. The Kier molecular flexibility index (Phi) is 3.62. The number of aromatic nitrogens is 5. The summed E-state index contributed by atoms with van der Waals surface area (Å²) in [4.78, 5) is 39.6. The van der Waals surface area contributed by atoms with Crippen molar-refractivity contribution in [1.82, 2.24) is 25.6 Å². The van der Waals surface area contributed by atoms with Crippen LogP contribution >= 0.6 is 11.3 Å². The molecule has 0 radical (unpaired) electrons. The van der Waals surface area contributed by atoms with Crippen LogP contribution < -0.4 is 10.7 Å². The Morgan fingerprint density at radius 2 is 2.17 bits per heavy atom. The molecule has 11 heteroatoms. The van der Waals surface area contributed by atoms with Gasteiger partial charge in [0.25, 0.3) is 11.9 Å². The van der Waals surface area contributed by atoms with E-state index in [0.717, 1.165) is 17.4 Å². The predicted molar refractivity (Wildman–Crippen MR) is 80.7 cm³/mol. The van der Waals surface area contributed by atoms with Gasteiger partial charge in [-0.15, -0.1) is 16.4 Å².